The van der Waals surface area contributed by atoms with E-state index >= 15 is 0 Å². The van der Waals surface area contributed by atoms with Crippen LogP contribution in [0.2, 0.25) is 0 Å². The second kappa shape index (κ2) is 6.62. The Morgan fingerprint density at radius 1 is 0.676 bits per heavy atom. The van der Waals surface area contributed by atoms with Gasteiger partial charge in [0.1, 0.15) is 16.1 Å². The lowest BCUT2D eigenvalue weighted by Gasteiger charge is -2.06. The molecule has 158 valence electrons. The zero-order valence-corrected chi connectivity index (χ0v) is 18.8. The average Bonchev–Trinajstić information content (AvgIpc) is 3.44. The van der Waals surface area contributed by atoms with Gasteiger partial charge in [-0.1, -0.05) is 48.5 Å². The molecule has 4 heteroatoms. The Bertz CT molecular complexity index is 2080. The van der Waals surface area contributed by atoms with Crippen molar-refractivity contribution in [1.82, 2.24) is 9.97 Å². The lowest BCUT2D eigenvalue weighted by atomic mass is 10.0. The zero-order valence-electron chi connectivity index (χ0n) is 17.9. The molecule has 0 spiro atoms. The summed E-state index contributed by atoms with van der Waals surface area (Å²) < 4.78 is 7.79. The maximum Gasteiger partial charge on any atom is 0.162 e. The Morgan fingerprint density at radius 3 is 2.44 bits per heavy atom. The van der Waals surface area contributed by atoms with Crippen LogP contribution in [0.1, 0.15) is 0 Å². The zero-order chi connectivity index (χ0) is 22.2. The number of furan rings is 1. The maximum absolute atomic E-state index is 6.56. The molecular formula is C30H16N2OS. The van der Waals surface area contributed by atoms with E-state index in [-0.39, 0.29) is 0 Å². The summed E-state index contributed by atoms with van der Waals surface area (Å²) >= 11 is 1.72. The molecule has 4 heterocycles. The quantitative estimate of drug-likeness (QED) is 0.250. The van der Waals surface area contributed by atoms with Gasteiger partial charge in [-0.05, 0) is 53.2 Å². The third kappa shape index (κ3) is 2.46. The van der Waals surface area contributed by atoms with Crippen LogP contribution < -0.4 is 0 Å². The first-order chi connectivity index (χ1) is 16.8. The molecule has 0 saturated carbocycles. The van der Waals surface area contributed by atoms with Crippen molar-refractivity contribution in [2.45, 2.75) is 0 Å². The largest absolute Gasteiger partial charge is 0.454 e. The molecule has 0 saturated heterocycles. The first-order valence-electron chi connectivity index (χ1n) is 11.2. The molecule has 8 aromatic rings. The van der Waals surface area contributed by atoms with Crippen molar-refractivity contribution in [1.29, 1.82) is 0 Å². The van der Waals surface area contributed by atoms with Crippen LogP contribution in [0, 0.1) is 0 Å². The molecule has 4 aromatic heterocycles. The summed E-state index contributed by atoms with van der Waals surface area (Å²) in [5, 5.41) is 8.12. The van der Waals surface area contributed by atoms with Gasteiger partial charge in [-0.3, -0.25) is 0 Å². The minimum atomic E-state index is 0.834. The van der Waals surface area contributed by atoms with E-state index in [9.17, 15) is 0 Å². The minimum absolute atomic E-state index is 0.834. The molecule has 8 rings (SSSR count). The molecule has 0 atom stereocenters. The Kier molecular flexibility index (Phi) is 3.54. The van der Waals surface area contributed by atoms with E-state index < -0.39 is 0 Å². The number of fused-ring (bicyclic) bond motifs is 9. The van der Waals surface area contributed by atoms with Crippen LogP contribution in [0.15, 0.2) is 102 Å². The molecule has 0 radical (unpaired) electrons. The summed E-state index contributed by atoms with van der Waals surface area (Å²) in [4.78, 5) is 10.7. The molecule has 0 bridgehead atoms. The molecule has 0 N–H and O–H groups in total. The number of hydrogen-bond acceptors (Lipinski definition) is 4. The van der Waals surface area contributed by atoms with Gasteiger partial charge in [-0.25, -0.2) is 9.97 Å². The highest BCUT2D eigenvalue weighted by Crippen LogP contribution is 2.42. The summed E-state index contributed by atoms with van der Waals surface area (Å²) in [5.41, 5.74) is 4.62. The number of hydrogen-bond donors (Lipinski definition) is 0. The van der Waals surface area contributed by atoms with Gasteiger partial charge in [-0.15, -0.1) is 11.3 Å². The summed E-state index contributed by atoms with van der Waals surface area (Å²) in [7, 11) is 0. The van der Waals surface area contributed by atoms with E-state index in [0.29, 0.717) is 0 Å². The Hall–Kier alpha value is -4.28. The SMILES string of the molecule is c1ccc2cc3c(cc2c1)oc1c(-c2ccc4sc5ncccc5c4c2)nc2ccccc2c13. The second-order valence-corrected chi connectivity index (χ2v) is 9.68. The first kappa shape index (κ1) is 18.2. The molecule has 0 fully saturated rings. The Labute approximate surface area is 197 Å². The van der Waals surface area contributed by atoms with Gasteiger partial charge in [0.2, 0.25) is 0 Å². The number of nitrogens with zero attached hydrogens (tertiary/aromatic N) is 2. The van der Waals surface area contributed by atoms with Crippen molar-refractivity contribution in [3.8, 4) is 11.3 Å². The highest BCUT2D eigenvalue weighted by Gasteiger charge is 2.19. The molecule has 0 aliphatic carbocycles. The van der Waals surface area contributed by atoms with Crippen LogP contribution in [0.25, 0.3) is 75.2 Å². The monoisotopic (exact) mass is 452 g/mol. The Morgan fingerprint density at radius 2 is 1.50 bits per heavy atom. The average molecular weight is 453 g/mol. The van der Waals surface area contributed by atoms with Gasteiger partial charge in [-0.2, -0.15) is 0 Å². The van der Waals surface area contributed by atoms with Crippen molar-refractivity contribution in [2.75, 3.05) is 0 Å². The number of aromatic nitrogens is 2. The van der Waals surface area contributed by atoms with Gasteiger partial charge >= 0.3 is 0 Å². The van der Waals surface area contributed by atoms with E-state index in [1.165, 1.54) is 26.2 Å². The first-order valence-corrected chi connectivity index (χ1v) is 12.1. The normalized spacial score (nSPS) is 12.1. The van der Waals surface area contributed by atoms with Gasteiger partial charge in [0.05, 0.1) is 5.52 Å². The summed E-state index contributed by atoms with van der Waals surface area (Å²) in [6, 6.07) is 31.8. The summed E-state index contributed by atoms with van der Waals surface area (Å²) in [6.07, 6.45) is 1.85. The van der Waals surface area contributed by atoms with Crippen LogP contribution in [-0.2, 0) is 0 Å². The fourth-order valence-electron chi connectivity index (χ4n) is 5.12. The van der Waals surface area contributed by atoms with Crippen molar-refractivity contribution in [3.63, 3.8) is 0 Å². The molecule has 4 aromatic carbocycles. The molecule has 0 aliphatic heterocycles. The number of rotatable bonds is 1. The Balaban J connectivity index is 1.52. The van der Waals surface area contributed by atoms with E-state index in [1.54, 1.807) is 11.3 Å². The highest BCUT2D eigenvalue weighted by atomic mass is 32.1. The second-order valence-electron chi connectivity index (χ2n) is 8.65. The molecule has 0 unspecified atom stereocenters. The fourth-order valence-corrected chi connectivity index (χ4v) is 6.15. The van der Waals surface area contributed by atoms with Crippen molar-refractivity contribution in [2.24, 2.45) is 0 Å². The van der Waals surface area contributed by atoms with Crippen LogP contribution in [-0.4, -0.2) is 9.97 Å². The summed E-state index contributed by atoms with van der Waals surface area (Å²) in [5.74, 6) is 0. The van der Waals surface area contributed by atoms with Crippen molar-refractivity contribution >= 4 is 75.3 Å². The third-order valence-corrected chi connectivity index (χ3v) is 7.79. The van der Waals surface area contributed by atoms with Crippen molar-refractivity contribution < 1.29 is 4.42 Å². The standard InChI is InChI=1S/C30H16N2OS/c1-2-7-18-16-25-23(14-17(18)6-1)27-21-8-3-4-10-24(21)32-28(29(27)33-25)19-11-12-26-22(15-19)20-9-5-13-31-30(20)34-26/h1-16H. The predicted molar refractivity (Wildman–Crippen MR) is 143 cm³/mol. The lowest BCUT2D eigenvalue weighted by Crippen LogP contribution is -1.87. The molecule has 0 aliphatic rings. The van der Waals surface area contributed by atoms with Crippen LogP contribution in [0.4, 0.5) is 0 Å². The highest BCUT2D eigenvalue weighted by molar-refractivity contribution is 7.25. The van der Waals surface area contributed by atoms with Gasteiger partial charge in [0.25, 0.3) is 0 Å². The van der Waals surface area contributed by atoms with E-state index in [0.717, 1.165) is 48.9 Å². The van der Waals surface area contributed by atoms with Crippen LogP contribution in [0.3, 0.4) is 0 Å². The molecule has 3 nitrogen and oxygen atoms in total. The van der Waals surface area contributed by atoms with Gasteiger partial charge < -0.3 is 4.42 Å². The van der Waals surface area contributed by atoms with Gasteiger partial charge in [0, 0.05) is 43.4 Å². The smallest absolute Gasteiger partial charge is 0.162 e. The minimum Gasteiger partial charge on any atom is -0.454 e. The van der Waals surface area contributed by atoms with E-state index in [2.05, 4.69) is 83.8 Å². The van der Waals surface area contributed by atoms with Crippen LogP contribution >= 0.6 is 11.3 Å². The summed E-state index contributed by atoms with van der Waals surface area (Å²) in [6.45, 7) is 0. The predicted octanol–water partition coefficient (Wildman–Crippen LogP) is 8.72. The molecule has 0 amide bonds. The topological polar surface area (TPSA) is 38.9 Å². The lowest BCUT2D eigenvalue weighted by molar-refractivity contribution is 0.669. The number of benzene rings is 4. The third-order valence-electron chi connectivity index (χ3n) is 6.70. The maximum atomic E-state index is 6.56. The van der Waals surface area contributed by atoms with E-state index in [4.69, 9.17) is 9.40 Å². The molecule has 34 heavy (non-hydrogen) atoms. The number of pyridine rings is 2. The fraction of sp³-hybridized carbons (Fsp3) is 0. The number of thiophene rings is 1. The number of para-hydroxylation sites is 1. The van der Waals surface area contributed by atoms with Crippen molar-refractivity contribution in [3.05, 3.63) is 97.2 Å². The van der Waals surface area contributed by atoms with E-state index in [1.807, 2.05) is 18.3 Å². The van der Waals surface area contributed by atoms with Crippen LogP contribution in [0.5, 0.6) is 0 Å². The molecular weight excluding hydrogens is 436 g/mol. The van der Waals surface area contributed by atoms with Gasteiger partial charge in [0.15, 0.2) is 5.58 Å².